The number of aryl methyl sites for hydroxylation is 1. The lowest BCUT2D eigenvalue weighted by Gasteiger charge is -2.25. The van der Waals surface area contributed by atoms with E-state index in [-0.39, 0.29) is 17.7 Å². The first-order chi connectivity index (χ1) is 8.68. The molecule has 2 aliphatic rings. The number of ketones is 1. The number of carbonyl (C=O) groups excluding carboxylic acids is 2. The van der Waals surface area contributed by atoms with Gasteiger partial charge in [0.2, 0.25) is 0 Å². The van der Waals surface area contributed by atoms with Gasteiger partial charge in [-0.25, -0.2) is 0 Å². The molecule has 0 radical (unpaired) electrons. The molecule has 0 saturated heterocycles. The minimum atomic E-state index is -0.170. The van der Waals surface area contributed by atoms with Gasteiger partial charge in [0.15, 0.2) is 5.78 Å². The van der Waals surface area contributed by atoms with Gasteiger partial charge in [0.1, 0.15) is 0 Å². The maximum atomic E-state index is 12.3. The van der Waals surface area contributed by atoms with Gasteiger partial charge in [0.25, 0.3) is 5.91 Å². The molecule has 0 N–H and O–H groups in total. The molecule has 1 saturated carbocycles. The lowest BCUT2D eigenvalue weighted by molar-refractivity contribution is -0.123. The third-order valence-electron chi connectivity index (χ3n) is 4.07. The lowest BCUT2D eigenvalue weighted by atomic mass is 10.1. The van der Waals surface area contributed by atoms with E-state index in [0.717, 1.165) is 36.8 Å². The Morgan fingerprint density at radius 3 is 2.89 bits per heavy atom. The summed E-state index contributed by atoms with van der Waals surface area (Å²) in [5.74, 6) is 0.321. The average Bonchev–Trinajstić information content (AvgIpc) is 2.78. The summed E-state index contributed by atoms with van der Waals surface area (Å²) in [6, 6.07) is -0.170. The fraction of sp³-hybridized carbons (Fsp3) is 0.571. The highest BCUT2D eigenvalue weighted by molar-refractivity contribution is 7.10. The van der Waals surface area contributed by atoms with Crippen molar-refractivity contribution in [1.29, 1.82) is 0 Å². The summed E-state index contributed by atoms with van der Waals surface area (Å²) in [7, 11) is 0. The monoisotopic (exact) mass is 263 g/mol. The van der Waals surface area contributed by atoms with E-state index in [1.54, 1.807) is 16.2 Å². The third kappa shape index (κ3) is 1.79. The van der Waals surface area contributed by atoms with Crippen LogP contribution in [0.5, 0.6) is 0 Å². The average molecular weight is 263 g/mol. The molecule has 1 aromatic rings. The van der Waals surface area contributed by atoms with Crippen LogP contribution in [0.2, 0.25) is 0 Å². The number of thiophene rings is 1. The van der Waals surface area contributed by atoms with Crippen molar-refractivity contribution in [1.82, 2.24) is 4.90 Å². The maximum Gasteiger partial charge on any atom is 0.255 e. The molecule has 1 unspecified atom stereocenters. The minimum Gasteiger partial charge on any atom is -0.324 e. The summed E-state index contributed by atoms with van der Waals surface area (Å²) in [5, 5.41) is 1.94. The number of fused-ring (bicyclic) bond motifs is 1. The summed E-state index contributed by atoms with van der Waals surface area (Å²) in [6.45, 7) is 2.69. The molecule has 1 aliphatic heterocycles. The molecule has 0 spiro atoms. The van der Waals surface area contributed by atoms with E-state index in [0.29, 0.717) is 13.0 Å². The second-order valence-corrected chi connectivity index (χ2v) is 6.28. The van der Waals surface area contributed by atoms with E-state index >= 15 is 0 Å². The Morgan fingerprint density at radius 1 is 1.28 bits per heavy atom. The van der Waals surface area contributed by atoms with Crippen molar-refractivity contribution in [2.24, 2.45) is 0 Å². The van der Waals surface area contributed by atoms with Crippen LogP contribution in [-0.4, -0.2) is 22.6 Å². The van der Waals surface area contributed by atoms with E-state index in [1.165, 1.54) is 4.88 Å². The quantitative estimate of drug-likeness (QED) is 0.731. The van der Waals surface area contributed by atoms with Gasteiger partial charge in [-0.3, -0.25) is 9.59 Å². The molecule has 1 aliphatic carbocycles. The van der Waals surface area contributed by atoms with Crippen molar-refractivity contribution >= 4 is 23.0 Å². The van der Waals surface area contributed by atoms with Crippen LogP contribution in [0.3, 0.4) is 0 Å². The summed E-state index contributed by atoms with van der Waals surface area (Å²) < 4.78 is 0. The van der Waals surface area contributed by atoms with Gasteiger partial charge in [-0.1, -0.05) is 12.8 Å². The van der Waals surface area contributed by atoms with Crippen LogP contribution in [0, 0.1) is 6.92 Å². The zero-order chi connectivity index (χ0) is 12.7. The zero-order valence-electron chi connectivity index (χ0n) is 10.6. The van der Waals surface area contributed by atoms with E-state index in [1.807, 2.05) is 5.38 Å². The number of Topliss-reactive ketones (excluding diaryl/α,β-unsaturated/α-hetero) is 1. The second-order valence-electron chi connectivity index (χ2n) is 5.20. The summed E-state index contributed by atoms with van der Waals surface area (Å²) in [5.41, 5.74) is 1.97. The fourth-order valence-corrected chi connectivity index (χ4v) is 3.83. The van der Waals surface area contributed by atoms with Gasteiger partial charge < -0.3 is 4.90 Å². The predicted octanol–water partition coefficient (Wildman–Crippen LogP) is 2.91. The third-order valence-corrected chi connectivity index (χ3v) is 5.03. The SMILES string of the molecule is Cc1scc2c1CN(C1CCCCCC1=O)C2=O. The number of amides is 1. The molecule has 96 valence electrons. The summed E-state index contributed by atoms with van der Waals surface area (Å²) in [4.78, 5) is 27.5. The molecular weight excluding hydrogens is 246 g/mol. The molecule has 0 bridgehead atoms. The van der Waals surface area contributed by atoms with E-state index in [4.69, 9.17) is 0 Å². The Hall–Kier alpha value is -1.16. The number of hydrogen-bond donors (Lipinski definition) is 0. The standard InChI is InChI=1S/C14H17NO2S/c1-9-10-7-15(14(17)11(10)8-18-9)12-5-3-2-4-6-13(12)16/h8,12H,2-7H2,1H3. The van der Waals surface area contributed by atoms with Crippen LogP contribution >= 0.6 is 11.3 Å². The molecule has 4 heteroatoms. The minimum absolute atomic E-state index is 0.0644. The molecule has 2 heterocycles. The zero-order valence-corrected chi connectivity index (χ0v) is 11.4. The molecule has 0 aromatic carbocycles. The van der Waals surface area contributed by atoms with Crippen molar-refractivity contribution in [3.8, 4) is 0 Å². The Labute approximate surface area is 111 Å². The number of rotatable bonds is 1. The first-order valence-corrected chi connectivity index (χ1v) is 7.47. The van der Waals surface area contributed by atoms with Crippen LogP contribution < -0.4 is 0 Å². The van der Waals surface area contributed by atoms with E-state index in [9.17, 15) is 9.59 Å². The second kappa shape index (κ2) is 4.50. The van der Waals surface area contributed by atoms with Crippen molar-refractivity contribution in [3.05, 3.63) is 21.4 Å². The molecule has 1 amide bonds. The number of carbonyl (C=O) groups is 2. The van der Waals surface area contributed by atoms with E-state index < -0.39 is 0 Å². The van der Waals surface area contributed by atoms with Crippen molar-refractivity contribution < 1.29 is 9.59 Å². The Morgan fingerprint density at radius 2 is 2.11 bits per heavy atom. The van der Waals surface area contributed by atoms with Crippen LogP contribution in [0.15, 0.2) is 5.38 Å². The molecule has 18 heavy (non-hydrogen) atoms. The molecule has 3 rings (SSSR count). The molecule has 1 fully saturated rings. The number of nitrogens with zero attached hydrogens (tertiary/aromatic N) is 1. The van der Waals surface area contributed by atoms with Gasteiger partial charge >= 0.3 is 0 Å². The maximum absolute atomic E-state index is 12.3. The first-order valence-electron chi connectivity index (χ1n) is 6.59. The Kier molecular flexibility index (Phi) is 2.98. The lowest BCUT2D eigenvalue weighted by Crippen LogP contribution is -2.40. The Balaban J connectivity index is 1.86. The normalized spacial score (nSPS) is 24.3. The largest absolute Gasteiger partial charge is 0.324 e. The summed E-state index contributed by atoms with van der Waals surface area (Å²) >= 11 is 1.63. The van der Waals surface area contributed by atoms with Gasteiger partial charge in [0, 0.05) is 23.2 Å². The Bertz CT molecular complexity index is 506. The van der Waals surface area contributed by atoms with Crippen LogP contribution in [0.1, 0.15) is 52.9 Å². The molecule has 1 aromatic heterocycles. The number of hydrogen-bond acceptors (Lipinski definition) is 3. The highest BCUT2D eigenvalue weighted by atomic mass is 32.1. The highest BCUT2D eigenvalue weighted by Gasteiger charge is 2.37. The predicted molar refractivity (Wildman–Crippen MR) is 70.8 cm³/mol. The van der Waals surface area contributed by atoms with Crippen molar-refractivity contribution in [2.75, 3.05) is 0 Å². The molecule has 3 nitrogen and oxygen atoms in total. The first kappa shape index (κ1) is 11.9. The van der Waals surface area contributed by atoms with E-state index in [2.05, 4.69) is 6.92 Å². The van der Waals surface area contributed by atoms with Crippen LogP contribution in [0.4, 0.5) is 0 Å². The molecule has 1 atom stereocenters. The van der Waals surface area contributed by atoms with Crippen molar-refractivity contribution in [3.63, 3.8) is 0 Å². The van der Waals surface area contributed by atoms with Gasteiger partial charge in [-0.2, -0.15) is 0 Å². The van der Waals surface area contributed by atoms with Gasteiger partial charge in [-0.05, 0) is 25.3 Å². The fourth-order valence-electron chi connectivity index (χ4n) is 2.97. The highest BCUT2D eigenvalue weighted by Crippen LogP contribution is 2.33. The van der Waals surface area contributed by atoms with Gasteiger partial charge in [-0.15, -0.1) is 11.3 Å². The van der Waals surface area contributed by atoms with Crippen molar-refractivity contribution in [2.45, 2.75) is 51.6 Å². The van der Waals surface area contributed by atoms with Crippen LogP contribution in [-0.2, 0) is 11.3 Å². The topological polar surface area (TPSA) is 37.4 Å². The smallest absolute Gasteiger partial charge is 0.255 e. The van der Waals surface area contributed by atoms with Crippen LogP contribution in [0.25, 0.3) is 0 Å². The van der Waals surface area contributed by atoms with Gasteiger partial charge in [0.05, 0.1) is 11.6 Å². The molecular formula is C14H17NO2S. The summed E-state index contributed by atoms with van der Waals surface area (Å²) in [6.07, 6.45) is 4.64.